The van der Waals surface area contributed by atoms with Gasteiger partial charge in [0.25, 0.3) is 6.43 Å². The van der Waals surface area contributed by atoms with Crippen molar-refractivity contribution in [1.29, 1.82) is 0 Å². The number of nitrogens with zero attached hydrogens (tertiary/aromatic N) is 5. The first-order valence-electron chi connectivity index (χ1n) is 10.7. The van der Waals surface area contributed by atoms with Gasteiger partial charge in [0, 0.05) is 21.8 Å². The third-order valence-electron chi connectivity index (χ3n) is 5.47. The molecule has 4 heterocycles. The van der Waals surface area contributed by atoms with Crippen molar-refractivity contribution in [3.05, 3.63) is 81.9 Å². The molecule has 1 amide bonds. The Morgan fingerprint density at radius 1 is 1.22 bits per heavy atom. The molecule has 4 aromatic heterocycles. The van der Waals surface area contributed by atoms with Crippen LogP contribution in [0.5, 0.6) is 0 Å². The van der Waals surface area contributed by atoms with Crippen LogP contribution in [-0.2, 0) is 17.9 Å². The number of amides is 1. The highest BCUT2D eigenvalue weighted by atomic mass is 35.5. The Kier molecular flexibility index (Phi) is 6.46. The van der Waals surface area contributed by atoms with Crippen LogP contribution in [0.3, 0.4) is 0 Å². The molecular formula is C24H18Cl2F2N6O2. The number of benzene rings is 1. The molecule has 0 aliphatic rings. The summed E-state index contributed by atoms with van der Waals surface area (Å²) in [5.74, 6) is -0.0888. The lowest BCUT2D eigenvalue weighted by molar-refractivity contribution is -0.116. The molecule has 0 atom stereocenters. The molecule has 5 rings (SSSR count). The molecule has 0 spiro atoms. The van der Waals surface area contributed by atoms with Crippen molar-refractivity contribution in [1.82, 2.24) is 24.5 Å². The number of fused-ring (bicyclic) bond motifs is 1. The molecule has 1 N–H and O–H groups in total. The molecule has 0 aliphatic carbocycles. The van der Waals surface area contributed by atoms with Gasteiger partial charge in [0.15, 0.2) is 11.4 Å². The fourth-order valence-corrected chi connectivity index (χ4v) is 4.36. The predicted molar refractivity (Wildman–Crippen MR) is 131 cm³/mol. The van der Waals surface area contributed by atoms with Gasteiger partial charge >= 0.3 is 0 Å². The number of carbonyl (C=O) groups is 1. The number of aryl methyl sites for hydroxylation is 1. The van der Waals surface area contributed by atoms with E-state index in [1.165, 1.54) is 23.2 Å². The van der Waals surface area contributed by atoms with Crippen molar-refractivity contribution in [2.45, 2.75) is 26.4 Å². The molecule has 8 nitrogen and oxygen atoms in total. The van der Waals surface area contributed by atoms with E-state index in [1.807, 2.05) is 0 Å². The lowest BCUT2D eigenvalue weighted by Gasteiger charge is -2.08. The minimum Gasteiger partial charge on any atom is -0.463 e. The second kappa shape index (κ2) is 9.71. The van der Waals surface area contributed by atoms with Gasteiger partial charge < -0.3 is 9.73 Å². The summed E-state index contributed by atoms with van der Waals surface area (Å²) in [7, 11) is 0. The number of alkyl halides is 2. The smallest absolute Gasteiger partial charge is 0.264 e. The zero-order chi connectivity index (χ0) is 25.4. The highest BCUT2D eigenvalue weighted by Gasteiger charge is 2.22. The summed E-state index contributed by atoms with van der Waals surface area (Å²) in [6.45, 7) is 1.74. The summed E-state index contributed by atoms with van der Waals surface area (Å²) >= 11 is 12.2. The van der Waals surface area contributed by atoms with Gasteiger partial charge in [-0.15, -0.1) is 0 Å². The number of hydrogen-bond donors (Lipinski definition) is 1. The Labute approximate surface area is 213 Å². The van der Waals surface area contributed by atoms with Crippen molar-refractivity contribution >= 4 is 45.8 Å². The molecule has 0 saturated carbocycles. The number of rotatable bonds is 7. The Balaban J connectivity index is 1.37. The zero-order valence-electron chi connectivity index (χ0n) is 18.8. The maximum absolute atomic E-state index is 13.9. The number of halogens is 4. The normalized spacial score (nSPS) is 11.5. The second-order valence-corrected chi connectivity index (χ2v) is 8.87. The minimum absolute atomic E-state index is 0.167. The van der Waals surface area contributed by atoms with E-state index >= 15 is 0 Å². The van der Waals surface area contributed by atoms with Crippen LogP contribution in [0.25, 0.3) is 22.5 Å². The standard InChI is InChI=1S/C24H18Cl2F2N6O2/c1-13-22-17(23(27)28)8-19(20-3-2-6-36-20)31-24(22)34(32-13)12-21(35)30-16-9-29-33(11-16)10-14-4-5-15(25)7-18(14)26/h2-9,11,23H,10,12H2,1H3,(H,30,35). The Bertz CT molecular complexity index is 1560. The van der Waals surface area contributed by atoms with Crippen molar-refractivity contribution in [3.63, 3.8) is 0 Å². The quantitative estimate of drug-likeness (QED) is 0.273. The molecule has 0 bridgehead atoms. The summed E-state index contributed by atoms with van der Waals surface area (Å²) in [4.78, 5) is 17.2. The fraction of sp³-hybridized carbons (Fsp3) is 0.167. The predicted octanol–water partition coefficient (Wildman–Crippen LogP) is 6.13. The van der Waals surface area contributed by atoms with Crippen LogP contribution in [0.4, 0.5) is 14.5 Å². The van der Waals surface area contributed by atoms with Crippen molar-refractivity contribution < 1.29 is 18.0 Å². The average Bonchev–Trinajstić information content (AvgIpc) is 3.57. The van der Waals surface area contributed by atoms with E-state index in [4.69, 9.17) is 27.6 Å². The van der Waals surface area contributed by atoms with Crippen molar-refractivity contribution in [2.24, 2.45) is 0 Å². The highest BCUT2D eigenvalue weighted by molar-refractivity contribution is 6.35. The largest absolute Gasteiger partial charge is 0.463 e. The average molecular weight is 531 g/mol. The number of furan rings is 1. The topological polar surface area (TPSA) is 90.8 Å². The van der Waals surface area contributed by atoms with Gasteiger partial charge in [-0.2, -0.15) is 10.2 Å². The second-order valence-electron chi connectivity index (χ2n) is 8.03. The summed E-state index contributed by atoms with van der Waals surface area (Å²) in [6, 6.07) is 9.72. The molecule has 1 aromatic carbocycles. The van der Waals surface area contributed by atoms with Gasteiger partial charge in [0.2, 0.25) is 5.91 Å². The highest BCUT2D eigenvalue weighted by Crippen LogP contribution is 2.33. The van der Waals surface area contributed by atoms with Crippen molar-refractivity contribution in [3.8, 4) is 11.5 Å². The Hall–Kier alpha value is -3.76. The summed E-state index contributed by atoms with van der Waals surface area (Å²) in [5.41, 5.74) is 1.79. The number of anilines is 1. The molecule has 0 saturated heterocycles. The lowest BCUT2D eigenvalue weighted by Crippen LogP contribution is -2.19. The van der Waals surface area contributed by atoms with Gasteiger partial charge in [-0.3, -0.25) is 9.48 Å². The third kappa shape index (κ3) is 4.82. The van der Waals surface area contributed by atoms with Gasteiger partial charge in [-0.25, -0.2) is 18.4 Å². The van der Waals surface area contributed by atoms with Crippen LogP contribution in [0, 0.1) is 6.92 Å². The van der Waals surface area contributed by atoms with E-state index in [0.29, 0.717) is 33.7 Å². The SMILES string of the molecule is Cc1nn(CC(=O)Nc2cnn(Cc3ccc(Cl)cc3Cl)c2)c2nc(-c3ccco3)cc(C(F)F)c12. The Morgan fingerprint density at radius 3 is 2.78 bits per heavy atom. The van der Waals surface area contributed by atoms with Gasteiger partial charge in [0.05, 0.1) is 35.8 Å². The number of nitrogens with one attached hydrogen (secondary N) is 1. The van der Waals surface area contributed by atoms with E-state index < -0.39 is 12.3 Å². The number of aromatic nitrogens is 5. The first-order valence-corrected chi connectivity index (χ1v) is 11.5. The maximum atomic E-state index is 13.9. The monoisotopic (exact) mass is 530 g/mol. The van der Waals surface area contributed by atoms with Crippen LogP contribution in [0.2, 0.25) is 10.0 Å². The molecule has 0 fully saturated rings. The van der Waals surface area contributed by atoms with Gasteiger partial charge in [-0.1, -0.05) is 29.3 Å². The van der Waals surface area contributed by atoms with Crippen molar-refractivity contribution in [2.75, 3.05) is 5.32 Å². The molecule has 36 heavy (non-hydrogen) atoms. The molecule has 0 radical (unpaired) electrons. The molecule has 5 aromatic rings. The molecule has 0 unspecified atom stereocenters. The van der Waals surface area contributed by atoms with Gasteiger partial charge in [0.1, 0.15) is 12.2 Å². The van der Waals surface area contributed by atoms with Crippen LogP contribution < -0.4 is 5.32 Å². The van der Waals surface area contributed by atoms with Crippen LogP contribution in [0.15, 0.2) is 59.5 Å². The Morgan fingerprint density at radius 2 is 2.06 bits per heavy atom. The first-order chi connectivity index (χ1) is 17.3. The van der Waals surface area contributed by atoms with Crippen LogP contribution in [0.1, 0.15) is 23.2 Å². The van der Waals surface area contributed by atoms with E-state index in [-0.39, 0.29) is 28.8 Å². The third-order valence-corrected chi connectivity index (χ3v) is 6.06. The van der Waals surface area contributed by atoms with E-state index in [9.17, 15) is 13.6 Å². The first kappa shape index (κ1) is 24.0. The van der Waals surface area contributed by atoms with Gasteiger partial charge in [-0.05, 0) is 42.8 Å². The van der Waals surface area contributed by atoms with Crippen LogP contribution >= 0.6 is 23.2 Å². The lowest BCUT2D eigenvalue weighted by atomic mass is 10.1. The zero-order valence-corrected chi connectivity index (χ0v) is 20.3. The maximum Gasteiger partial charge on any atom is 0.264 e. The molecular weight excluding hydrogens is 513 g/mol. The van der Waals surface area contributed by atoms with E-state index in [1.54, 1.807) is 48.1 Å². The molecule has 0 aliphatic heterocycles. The molecule has 184 valence electrons. The number of pyridine rings is 1. The fourth-order valence-electron chi connectivity index (χ4n) is 3.90. The van der Waals surface area contributed by atoms with Crippen LogP contribution in [-0.4, -0.2) is 30.5 Å². The number of carbonyl (C=O) groups excluding carboxylic acids is 1. The van der Waals surface area contributed by atoms with E-state index in [0.717, 1.165) is 5.56 Å². The summed E-state index contributed by atoms with van der Waals surface area (Å²) in [5, 5.41) is 12.5. The number of hydrogen-bond acceptors (Lipinski definition) is 5. The van der Waals surface area contributed by atoms with E-state index in [2.05, 4.69) is 20.5 Å². The molecule has 12 heteroatoms. The summed E-state index contributed by atoms with van der Waals surface area (Å²) < 4.78 is 36.0. The minimum atomic E-state index is -2.76. The summed E-state index contributed by atoms with van der Waals surface area (Å²) in [6.07, 6.45) is 1.82.